The summed E-state index contributed by atoms with van der Waals surface area (Å²) < 4.78 is 13.2. The molecular formula is C24H30N4O2S. The van der Waals surface area contributed by atoms with Gasteiger partial charge in [-0.2, -0.15) is 5.10 Å². The minimum atomic E-state index is 0.575. The molecule has 164 valence electrons. The Labute approximate surface area is 189 Å². The van der Waals surface area contributed by atoms with Gasteiger partial charge in [-0.25, -0.2) is 0 Å². The lowest BCUT2D eigenvalue weighted by molar-refractivity contribution is 0.287. The van der Waals surface area contributed by atoms with E-state index in [2.05, 4.69) is 40.9 Å². The second kappa shape index (κ2) is 11.4. The van der Waals surface area contributed by atoms with E-state index in [4.69, 9.17) is 21.7 Å². The maximum atomic E-state index is 5.70. The molecule has 0 bridgehead atoms. The minimum absolute atomic E-state index is 0.575. The summed E-state index contributed by atoms with van der Waals surface area (Å²) in [6.07, 6.45) is 4.56. The number of nitrogens with one attached hydrogen (secondary N) is 2. The van der Waals surface area contributed by atoms with Crippen LogP contribution in [0, 0.1) is 6.92 Å². The van der Waals surface area contributed by atoms with Crippen molar-refractivity contribution < 1.29 is 9.47 Å². The Morgan fingerprint density at radius 3 is 2.61 bits per heavy atom. The molecule has 0 spiro atoms. The number of hydrogen-bond acceptors (Lipinski definition) is 4. The molecule has 0 saturated heterocycles. The molecule has 0 fully saturated rings. The topological polar surface area (TPSA) is 60.3 Å². The molecule has 0 saturated carbocycles. The summed E-state index contributed by atoms with van der Waals surface area (Å²) in [4.78, 5) is 0. The largest absolute Gasteiger partial charge is 0.490 e. The lowest BCUT2D eigenvalue weighted by atomic mass is 10.1. The Morgan fingerprint density at radius 1 is 1.06 bits per heavy atom. The maximum Gasteiger partial charge on any atom is 0.170 e. The van der Waals surface area contributed by atoms with Gasteiger partial charge in [0.25, 0.3) is 0 Å². The highest BCUT2D eigenvalue weighted by Crippen LogP contribution is 2.28. The summed E-state index contributed by atoms with van der Waals surface area (Å²) in [7, 11) is 0. The van der Waals surface area contributed by atoms with Crippen LogP contribution < -0.4 is 20.1 Å². The van der Waals surface area contributed by atoms with E-state index in [-0.39, 0.29) is 0 Å². The van der Waals surface area contributed by atoms with Crippen molar-refractivity contribution in [2.24, 2.45) is 0 Å². The molecular weight excluding hydrogens is 408 g/mol. The molecule has 0 amide bonds. The smallest absolute Gasteiger partial charge is 0.170 e. The van der Waals surface area contributed by atoms with Crippen molar-refractivity contribution in [3.05, 3.63) is 71.5 Å². The number of aromatic nitrogens is 2. The van der Waals surface area contributed by atoms with Crippen LogP contribution in [0.15, 0.2) is 54.9 Å². The average molecular weight is 439 g/mol. The van der Waals surface area contributed by atoms with Crippen LogP contribution in [-0.4, -0.2) is 34.7 Å². The van der Waals surface area contributed by atoms with E-state index < -0.39 is 0 Å². The van der Waals surface area contributed by atoms with Crippen molar-refractivity contribution in [1.82, 2.24) is 15.1 Å². The summed E-state index contributed by atoms with van der Waals surface area (Å²) in [5, 5.41) is 11.4. The Morgan fingerprint density at radius 2 is 1.84 bits per heavy atom. The van der Waals surface area contributed by atoms with Crippen LogP contribution in [0.1, 0.15) is 30.5 Å². The normalized spacial score (nSPS) is 10.5. The number of rotatable bonds is 10. The van der Waals surface area contributed by atoms with Gasteiger partial charge in [-0.15, -0.1) is 0 Å². The first kappa shape index (κ1) is 22.6. The molecule has 3 aromatic rings. The first-order valence-electron chi connectivity index (χ1n) is 10.6. The van der Waals surface area contributed by atoms with Gasteiger partial charge in [0.2, 0.25) is 0 Å². The number of nitrogens with zero attached hydrogens (tertiary/aromatic N) is 2. The zero-order chi connectivity index (χ0) is 22.1. The van der Waals surface area contributed by atoms with E-state index in [1.165, 1.54) is 11.1 Å². The van der Waals surface area contributed by atoms with Crippen molar-refractivity contribution in [2.75, 3.05) is 25.1 Å². The number of benzene rings is 2. The number of aryl methyl sites for hydroxylation is 1. The highest BCUT2D eigenvalue weighted by atomic mass is 32.1. The molecule has 31 heavy (non-hydrogen) atoms. The summed E-state index contributed by atoms with van der Waals surface area (Å²) >= 11 is 5.43. The Hall–Kier alpha value is -3.06. The van der Waals surface area contributed by atoms with E-state index in [9.17, 15) is 0 Å². The fourth-order valence-corrected chi connectivity index (χ4v) is 3.44. The van der Waals surface area contributed by atoms with Crippen molar-refractivity contribution in [3.8, 4) is 11.5 Å². The summed E-state index contributed by atoms with van der Waals surface area (Å²) in [6, 6.07) is 14.4. The van der Waals surface area contributed by atoms with E-state index in [0.29, 0.717) is 24.9 Å². The number of hydrogen-bond donors (Lipinski definition) is 2. The average Bonchev–Trinajstić information content (AvgIpc) is 3.18. The molecule has 0 atom stereocenters. The van der Waals surface area contributed by atoms with Gasteiger partial charge in [-0.05, 0) is 68.2 Å². The molecule has 2 aromatic carbocycles. The summed E-state index contributed by atoms with van der Waals surface area (Å²) in [6.45, 7) is 8.71. The first-order chi connectivity index (χ1) is 15.1. The van der Waals surface area contributed by atoms with E-state index >= 15 is 0 Å². The predicted octanol–water partition coefficient (Wildman–Crippen LogP) is 4.57. The van der Waals surface area contributed by atoms with Crippen LogP contribution in [0.25, 0.3) is 0 Å². The Balaban J connectivity index is 1.48. The van der Waals surface area contributed by atoms with E-state index in [1.54, 1.807) is 6.20 Å². The van der Waals surface area contributed by atoms with Gasteiger partial charge < -0.3 is 20.1 Å². The van der Waals surface area contributed by atoms with Gasteiger partial charge >= 0.3 is 0 Å². The molecule has 0 aliphatic rings. The molecule has 1 heterocycles. The molecule has 6 nitrogen and oxygen atoms in total. The number of thiocarbonyl (C=S) groups is 1. The van der Waals surface area contributed by atoms with Crippen LogP contribution in [0.4, 0.5) is 5.69 Å². The number of ether oxygens (including phenoxy) is 2. The highest BCUT2D eigenvalue weighted by Gasteiger charge is 2.07. The van der Waals surface area contributed by atoms with Crippen LogP contribution >= 0.6 is 12.2 Å². The molecule has 7 heteroatoms. The second-order valence-corrected chi connectivity index (χ2v) is 7.54. The fourth-order valence-electron chi connectivity index (χ4n) is 3.22. The van der Waals surface area contributed by atoms with Crippen LogP contribution in [0.3, 0.4) is 0 Å². The third kappa shape index (κ3) is 6.72. The monoisotopic (exact) mass is 438 g/mol. The summed E-state index contributed by atoms with van der Waals surface area (Å²) in [5.41, 5.74) is 4.53. The third-order valence-electron chi connectivity index (χ3n) is 4.79. The quantitative estimate of drug-likeness (QED) is 0.452. The lowest BCUT2D eigenvalue weighted by Crippen LogP contribution is -2.30. The standard InChI is InChI=1S/C24H30N4O2S/c1-4-29-22-11-10-19(14-23(22)30-5-2)12-13-25-24(31)27-21-15-26-28(17-21)16-20-9-7-6-8-18(20)3/h6-11,14-15,17H,4-5,12-13,16H2,1-3H3,(H2,25,27,31). The Kier molecular flexibility index (Phi) is 8.29. The first-order valence-corrected chi connectivity index (χ1v) is 11.0. The molecule has 1 aromatic heterocycles. The van der Waals surface area contributed by atoms with Crippen molar-refractivity contribution >= 4 is 23.0 Å². The highest BCUT2D eigenvalue weighted by molar-refractivity contribution is 7.80. The van der Waals surface area contributed by atoms with Crippen molar-refractivity contribution in [3.63, 3.8) is 0 Å². The lowest BCUT2D eigenvalue weighted by Gasteiger charge is -2.13. The Bertz CT molecular complexity index is 1000. The van der Waals surface area contributed by atoms with Crippen molar-refractivity contribution in [2.45, 2.75) is 33.7 Å². The maximum absolute atomic E-state index is 5.70. The van der Waals surface area contributed by atoms with Gasteiger partial charge in [-0.3, -0.25) is 4.68 Å². The minimum Gasteiger partial charge on any atom is -0.490 e. The molecule has 0 aliphatic heterocycles. The number of anilines is 1. The third-order valence-corrected chi connectivity index (χ3v) is 5.04. The zero-order valence-corrected chi connectivity index (χ0v) is 19.2. The zero-order valence-electron chi connectivity index (χ0n) is 18.4. The van der Waals surface area contributed by atoms with E-state index in [0.717, 1.165) is 35.7 Å². The molecule has 0 aliphatic carbocycles. The fraction of sp³-hybridized carbons (Fsp3) is 0.333. The van der Waals surface area contributed by atoms with Crippen molar-refractivity contribution in [1.29, 1.82) is 0 Å². The van der Waals surface area contributed by atoms with Crippen LogP contribution in [0.2, 0.25) is 0 Å². The SMILES string of the molecule is CCOc1ccc(CCNC(=S)Nc2cnn(Cc3ccccc3C)c2)cc1OCC. The van der Waals surface area contributed by atoms with Gasteiger partial charge in [0.15, 0.2) is 16.6 Å². The molecule has 2 N–H and O–H groups in total. The molecule has 0 unspecified atom stereocenters. The van der Waals surface area contributed by atoms with Gasteiger partial charge in [0.05, 0.1) is 31.6 Å². The van der Waals surface area contributed by atoms with Gasteiger partial charge in [0.1, 0.15) is 0 Å². The van der Waals surface area contributed by atoms with Crippen LogP contribution in [0.5, 0.6) is 11.5 Å². The van der Waals surface area contributed by atoms with Gasteiger partial charge in [-0.1, -0.05) is 30.3 Å². The molecule has 3 rings (SSSR count). The summed E-state index contributed by atoms with van der Waals surface area (Å²) in [5.74, 6) is 1.56. The molecule has 0 radical (unpaired) electrons. The van der Waals surface area contributed by atoms with Gasteiger partial charge in [0, 0.05) is 12.7 Å². The van der Waals surface area contributed by atoms with E-state index in [1.807, 2.05) is 49.0 Å². The van der Waals surface area contributed by atoms with Crippen LogP contribution in [-0.2, 0) is 13.0 Å². The predicted molar refractivity (Wildman–Crippen MR) is 129 cm³/mol. The second-order valence-electron chi connectivity index (χ2n) is 7.13.